The van der Waals surface area contributed by atoms with E-state index in [0.717, 1.165) is 0 Å². The number of nitrogens with zero attached hydrogens (tertiary/aromatic N) is 2. The van der Waals surface area contributed by atoms with Crippen LogP contribution in [0.25, 0.3) is 0 Å². The molecule has 0 unspecified atom stereocenters. The molecule has 1 aromatic carbocycles. The number of halogens is 2. The summed E-state index contributed by atoms with van der Waals surface area (Å²) in [6, 6.07) is 5.81. The molecule has 5 heteroatoms. The summed E-state index contributed by atoms with van der Waals surface area (Å²) in [6.45, 7) is 1.73. The lowest BCUT2D eigenvalue weighted by molar-refractivity contribution is 0.453. The van der Waals surface area contributed by atoms with E-state index in [1.54, 1.807) is 19.1 Å². The van der Waals surface area contributed by atoms with Crippen molar-refractivity contribution in [3.63, 3.8) is 0 Å². The molecule has 0 saturated heterocycles. The molecular formula is C11H8ClFN2O. The highest BCUT2D eigenvalue weighted by Gasteiger charge is 2.07. The molecule has 0 spiro atoms. The first-order valence-electron chi connectivity index (χ1n) is 4.57. The highest BCUT2D eigenvalue weighted by molar-refractivity contribution is 6.30. The van der Waals surface area contributed by atoms with Crippen molar-refractivity contribution < 1.29 is 9.13 Å². The third kappa shape index (κ3) is 2.28. The number of hydrogen-bond donors (Lipinski definition) is 0. The number of aromatic nitrogens is 2. The minimum Gasteiger partial charge on any atom is -0.438 e. The van der Waals surface area contributed by atoms with Gasteiger partial charge in [-0.2, -0.15) is 0 Å². The normalized spacial score (nSPS) is 10.2. The maximum absolute atomic E-state index is 12.9. The Bertz CT molecular complexity index is 519. The van der Waals surface area contributed by atoms with E-state index in [9.17, 15) is 4.39 Å². The van der Waals surface area contributed by atoms with Crippen LogP contribution in [0.3, 0.4) is 0 Å². The molecule has 3 nitrogen and oxygen atoms in total. The Balaban J connectivity index is 2.31. The van der Waals surface area contributed by atoms with Crippen LogP contribution in [0, 0.1) is 12.7 Å². The lowest BCUT2D eigenvalue weighted by Crippen LogP contribution is -1.93. The maximum Gasteiger partial charge on any atom is 0.226 e. The largest absolute Gasteiger partial charge is 0.438 e. The standard InChI is InChI=1S/C11H8ClFN2O/c1-7-10(12)14-6-15-11(7)16-9-4-2-3-8(13)5-9/h2-6H,1H3. The van der Waals surface area contributed by atoms with Gasteiger partial charge in [-0.05, 0) is 19.1 Å². The molecule has 0 radical (unpaired) electrons. The van der Waals surface area contributed by atoms with Gasteiger partial charge < -0.3 is 4.74 Å². The third-order valence-electron chi connectivity index (χ3n) is 1.99. The van der Waals surface area contributed by atoms with Gasteiger partial charge in [0.1, 0.15) is 23.0 Å². The zero-order chi connectivity index (χ0) is 11.5. The highest BCUT2D eigenvalue weighted by Crippen LogP contribution is 2.25. The van der Waals surface area contributed by atoms with Crippen LogP contribution < -0.4 is 4.74 Å². The lowest BCUT2D eigenvalue weighted by Gasteiger charge is -2.07. The van der Waals surface area contributed by atoms with E-state index in [-0.39, 0.29) is 5.82 Å². The van der Waals surface area contributed by atoms with E-state index < -0.39 is 0 Å². The Kier molecular flexibility index (Phi) is 3.01. The van der Waals surface area contributed by atoms with Gasteiger partial charge in [-0.15, -0.1) is 0 Å². The summed E-state index contributed by atoms with van der Waals surface area (Å²) in [6.07, 6.45) is 1.30. The number of rotatable bonds is 2. The Morgan fingerprint density at radius 1 is 1.31 bits per heavy atom. The molecule has 0 atom stereocenters. The summed E-state index contributed by atoms with van der Waals surface area (Å²) in [5.74, 6) is 0.332. The molecule has 0 aliphatic heterocycles. The third-order valence-corrected chi connectivity index (χ3v) is 2.37. The Hall–Kier alpha value is -1.68. The predicted molar refractivity (Wildman–Crippen MR) is 58.3 cm³/mol. The van der Waals surface area contributed by atoms with Crippen LogP contribution in [-0.4, -0.2) is 9.97 Å². The van der Waals surface area contributed by atoms with Gasteiger partial charge >= 0.3 is 0 Å². The van der Waals surface area contributed by atoms with Gasteiger partial charge in [0.2, 0.25) is 5.88 Å². The molecule has 2 aromatic rings. The zero-order valence-corrected chi connectivity index (χ0v) is 9.20. The fourth-order valence-corrected chi connectivity index (χ4v) is 1.28. The molecule has 0 aliphatic carbocycles. The molecular weight excluding hydrogens is 231 g/mol. The molecule has 0 aliphatic rings. The molecule has 0 amide bonds. The fourth-order valence-electron chi connectivity index (χ4n) is 1.16. The van der Waals surface area contributed by atoms with Crippen molar-refractivity contribution in [1.29, 1.82) is 0 Å². The van der Waals surface area contributed by atoms with Gasteiger partial charge in [0.25, 0.3) is 0 Å². The molecule has 0 fully saturated rings. The SMILES string of the molecule is Cc1c(Cl)ncnc1Oc1cccc(F)c1. The number of ether oxygens (including phenoxy) is 1. The Morgan fingerprint density at radius 2 is 2.12 bits per heavy atom. The second kappa shape index (κ2) is 4.45. The molecule has 1 aromatic heterocycles. The van der Waals surface area contributed by atoms with E-state index in [4.69, 9.17) is 16.3 Å². The van der Waals surface area contributed by atoms with Crippen molar-refractivity contribution in [2.24, 2.45) is 0 Å². The lowest BCUT2D eigenvalue weighted by atomic mass is 10.3. The van der Waals surface area contributed by atoms with Crippen LogP contribution >= 0.6 is 11.6 Å². The van der Waals surface area contributed by atoms with E-state index in [1.165, 1.54) is 18.5 Å². The molecule has 16 heavy (non-hydrogen) atoms. The Labute approximate surface area is 96.9 Å². The summed E-state index contributed by atoms with van der Waals surface area (Å²) in [5, 5.41) is 0.321. The van der Waals surface area contributed by atoms with Crippen LogP contribution in [0.2, 0.25) is 5.15 Å². The topological polar surface area (TPSA) is 35.0 Å². The van der Waals surface area contributed by atoms with Crippen LogP contribution in [0.1, 0.15) is 5.56 Å². The number of hydrogen-bond acceptors (Lipinski definition) is 3. The quantitative estimate of drug-likeness (QED) is 0.753. The van der Waals surface area contributed by atoms with Crippen molar-refractivity contribution in [1.82, 2.24) is 9.97 Å². The van der Waals surface area contributed by atoms with E-state index >= 15 is 0 Å². The molecule has 0 bridgehead atoms. The van der Waals surface area contributed by atoms with Crippen molar-refractivity contribution in [3.05, 3.63) is 47.1 Å². The average molecular weight is 239 g/mol. The van der Waals surface area contributed by atoms with E-state index in [0.29, 0.717) is 22.3 Å². The van der Waals surface area contributed by atoms with Crippen LogP contribution in [0.15, 0.2) is 30.6 Å². The summed E-state index contributed by atoms with van der Waals surface area (Å²) < 4.78 is 18.3. The van der Waals surface area contributed by atoms with Gasteiger partial charge in [-0.1, -0.05) is 17.7 Å². The second-order valence-corrected chi connectivity index (χ2v) is 3.51. The summed E-state index contributed by atoms with van der Waals surface area (Å²) in [7, 11) is 0. The monoisotopic (exact) mass is 238 g/mol. The van der Waals surface area contributed by atoms with Crippen LogP contribution in [0.5, 0.6) is 11.6 Å². The van der Waals surface area contributed by atoms with Crippen molar-refractivity contribution in [2.45, 2.75) is 6.92 Å². The van der Waals surface area contributed by atoms with Gasteiger partial charge in [0, 0.05) is 11.6 Å². The van der Waals surface area contributed by atoms with Gasteiger partial charge in [-0.25, -0.2) is 14.4 Å². The summed E-state index contributed by atoms with van der Waals surface area (Å²) in [5.41, 5.74) is 0.619. The van der Waals surface area contributed by atoms with E-state index in [2.05, 4.69) is 9.97 Å². The zero-order valence-electron chi connectivity index (χ0n) is 8.45. The molecule has 2 rings (SSSR count). The van der Waals surface area contributed by atoms with Crippen LogP contribution in [0.4, 0.5) is 4.39 Å². The predicted octanol–water partition coefficient (Wildman–Crippen LogP) is 3.37. The first kappa shape index (κ1) is 10.8. The molecule has 1 heterocycles. The van der Waals surface area contributed by atoms with E-state index in [1.807, 2.05) is 0 Å². The number of benzene rings is 1. The highest BCUT2D eigenvalue weighted by atomic mass is 35.5. The van der Waals surface area contributed by atoms with Crippen molar-refractivity contribution in [3.8, 4) is 11.6 Å². The summed E-state index contributed by atoms with van der Waals surface area (Å²) in [4.78, 5) is 7.72. The fraction of sp³-hybridized carbons (Fsp3) is 0.0909. The minimum atomic E-state index is -0.365. The summed E-state index contributed by atoms with van der Waals surface area (Å²) >= 11 is 5.81. The first-order chi connectivity index (χ1) is 7.66. The molecule has 0 saturated carbocycles. The maximum atomic E-state index is 12.9. The second-order valence-electron chi connectivity index (χ2n) is 3.15. The van der Waals surface area contributed by atoms with Crippen LogP contribution in [-0.2, 0) is 0 Å². The van der Waals surface area contributed by atoms with Gasteiger partial charge in [0.05, 0.1) is 0 Å². The van der Waals surface area contributed by atoms with Crippen molar-refractivity contribution >= 4 is 11.6 Å². The smallest absolute Gasteiger partial charge is 0.226 e. The average Bonchev–Trinajstić information content (AvgIpc) is 2.25. The molecule has 0 N–H and O–H groups in total. The first-order valence-corrected chi connectivity index (χ1v) is 4.95. The van der Waals surface area contributed by atoms with Gasteiger partial charge in [-0.3, -0.25) is 0 Å². The van der Waals surface area contributed by atoms with Crippen molar-refractivity contribution in [2.75, 3.05) is 0 Å². The Morgan fingerprint density at radius 3 is 2.88 bits per heavy atom. The van der Waals surface area contributed by atoms with Gasteiger partial charge in [0.15, 0.2) is 0 Å². The molecule has 82 valence electrons. The minimum absolute atomic E-state index is 0.321.